The van der Waals surface area contributed by atoms with Gasteiger partial charge in [-0.25, -0.2) is 0 Å². The van der Waals surface area contributed by atoms with E-state index in [4.69, 9.17) is 4.74 Å². The van der Waals surface area contributed by atoms with Gasteiger partial charge in [0.25, 0.3) is 5.91 Å². The Morgan fingerprint density at radius 3 is 2.24 bits per heavy atom. The van der Waals surface area contributed by atoms with Gasteiger partial charge < -0.3 is 15.4 Å². The Morgan fingerprint density at radius 1 is 0.759 bits per heavy atom. The highest BCUT2D eigenvalue weighted by Crippen LogP contribution is 2.22. The number of nitrogens with one attached hydrogen (secondary N) is 2. The van der Waals surface area contributed by atoms with Crippen LogP contribution in [0.25, 0.3) is 10.8 Å². The predicted molar refractivity (Wildman–Crippen MR) is 113 cm³/mol. The van der Waals surface area contributed by atoms with Crippen molar-refractivity contribution in [1.29, 1.82) is 0 Å². The largest absolute Gasteiger partial charge is 0.456 e. The number of ether oxygens (including phenoxy) is 1. The number of carbonyl (C=O) groups excluding carboxylic acids is 3. The average molecular weight is 390 g/mol. The van der Waals surface area contributed by atoms with E-state index < -0.39 is 18.5 Å². The third-order valence-electron chi connectivity index (χ3n) is 4.40. The number of carbonyl (C=O) groups is 3. The summed E-state index contributed by atoms with van der Waals surface area (Å²) in [7, 11) is 0. The van der Waals surface area contributed by atoms with E-state index in [2.05, 4.69) is 10.6 Å². The summed E-state index contributed by atoms with van der Waals surface area (Å²) in [4.78, 5) is 35.9. The summed E-state index contributed by atoms with van der Waals surface area (Å²) in [6.07, 6.45) is -0.114. The molecule has 0 aromatic heterocycles. The molecule has 0 radical (unpaired) electrons. The van der Waals surface area contributed by atoms with Gasteiger partial charge in [-0.2, -0.15) is 0 Å². The van der Waals surface area contributed by atoms with Crippen LogP contribution in [0.3, 0.4) is 0 Å². The second kappa shape index (κ2) is 9.50. The molecule has 29 heavy (non-hydrogen) atoms. The number of para-hydroxylation sites is 1. The second-order valence-corrected chi connectivity index (χ2v) is 6.60. The molecule has 3 aromatic carbocycles. The van der Waals surface area contributed by atoms with E-state index in [9.17, 15) is 14.4 Å². The van der Waals surface area contributed by atoms with Crippen molar-refractivity contribution in [2.24, 2.45) is 0 Å². The molecular formula is C23H22N2O4. The van der Waals surface area contributed by atoms with Crippen molar-refractivity contribution in [3.63, 3.8) is 0 Å². The summed E-state index contributed by atoms with van der Waals surface area (Å²) < 4.78 is 4.98. The van der Waals surface area contributed by atoms with Crippen LogP contribution >= 0.6 is 0 Å². The normalized spacial score (nSPS) is 10.4. The van der Waals surface area contributed by atoms with Crippen LogP contribution in [0, 0.1) is 6.92 Å². The van der Waals surface area contributed by atoms with E-state index in [1.54, 1.807) is 12.1 Å². The number of rotatable bonds is 7. The molecular weight excluding hydrogens is 368 g/mol. The fraction of sp³-hybridized carbons (Fsp3) is 0.174. The zero-order valence-electron chi connectivity index (χ0n) is 16.1. The fourth-order valence-electron chi connectivity index (χ4n) is 2.88. The minimum Gasteiger partial charge on any atom is -0.456 e. The van der Waals surface area contributed by atoms with Gasteiger partial charge in [0, 0.05) is 23.2 Å². The Morgan fingerprint density at radius 2 is 1.41 bits per heavy atom. The number of benzene rings is 3. The van der Waals surface area contributed by atoms with Gasteiger partial charge in [0.1, 0.15) is 0 Å². The molecule has 3 aromatic rings. The molecule has 0 fully saturated rings. The first-order valence-electron chi connectivity index (χ1n) is 9.31. The van der Waals surface area contributed by atoms with Crippen molar-refractivity contribution in [2.45, 2.75) is 19.8 Å². The molecule has 0 saturated carbocycles. The molecule has 0 aliphatic heterocycles. The van der Waals surface area contributed by atoms with E-state index in [0.717, 1.165) is 16.3 Å². The maximum Gasteiger partial charge on any atom is 0.306 e. The van der Waals surface area contributed by atoms with Gasteiger partial charge in [-0.3, -0.25) is 14.4 Å². The van der Waals surface area contributed by atoms with Crippen molar-refractivity contribution in [2.75, 3.05) is 17.2 Å². The van der Waals surface area contributed by atoms with Gasteiger partial charge in [-0.1, -0.05) is 54.6 Å². The van der Waals surface area contributed by atoms with E-state index >= 15 is 0 Å². The standard InChI is InChI=1S/C23H22N2O4/c1-16-7-2-5-11-19(16)24-21(26)13-14-23(28)29-15-22(27)25-20-12-6-9-17-8-3-4-10-18(17)20/h2-12H,13-15H2,1H3,(H,24,26)(H,25,27). The first-order valence-corrected chi connectivity index (χ1v) is 9.31. The number of anilines is 2. The smallest absolute Gasteiger partial charge is 0.306 e. The maximum atomic E-state index is 12.1. The SMILES string of the molecule is Cc1ccccc1NC(=O)CCC(=O)OCC(=O)Nc1cccc2ccccc12. The molecule has 6 nitrogen and oxygen atoms in total. The third-order valence-corrected chi connectivity index (χ3v) is 4.40. The number of esters is 1. The van der Waals surface area contributed by atoms with Crippen LogP contribution in [-0.4, -0.2) is 24.4 Å². The number of hydrogen-bond donors (Lipinski definition) is 2. The van der Waals surface area contributed by atoms with Gasteiger partial charge in [0.2, 0.25) is 5.91 Å². The molecule has 0 unspecified atom stereocenters. The van der Waals surface area contributed by atoms with Crippen LogP contribution < -0.4 is 10.6 Å². The van der Waals surface area contributed by atoms with Gasteiger partial charge in [-0.05, 0) is 30.0 Å². The zero-order valence-corrected chi connectivity index (χ0v) is 16.1. The van der Waals surface area contributed by atoms with Gasteiger partial charge >= 0.3 is 5.97 Å². The summed E-state index contributed by atoms with van der Waals surface area (Å²) in [5.41, 5.74) is 2.30. The predicted octanol–water partition coefficient (Wildman–Crippen LogP) is 4.05. The molecule has 0 heterocycles. The third kappa shape index (κ3) is 5.65. The summed E-state index contributed by atoms with van der Waals surface area (Å²) in [5, 5.41) is 7.41. The fourth-order valence-corrected chi connectivity index (χ4v) is 2.88. The molecule has 6 heteroatoms. The molecule has 0 saturated heterocycles. The summed E-state index contributed by atoms with van der Waals surface area (Å²) in [6.45, 7) is 1.49. The van der Waals surface area contributed by atoms with Gasteiger partial charge in [0.15, 0.2) is 6.61 Å². The first-order chi connectivity index (χ1) is 14.0. The van der Waals surface area contributed by atoms with Crippen LogP contribution in [-0.2, 0) is 19.1 Å². The van der Waals surface area contributed by atoms with Crippen molar-refractivity contribution in [3.8, 4) is 0 Å². The van der Waals surface area contributed by atoms with Crippen molar-refractivity contribution in [1.82, 2.24) is 0 Å². The van der Waals surface area contributed by atoms with Crippen LogP contribution in [0.2, 0.25) is 0 Å². The number of fused-ring (bicyclic) bond motifs is 1. The Labute approximate surface area is 168 Å². The maximum absolute atomic E-state index is 12.1. The Kier molecular flexibility index (Phi) is 6.58. The molecule has 0 aliphatic rings. The molecule has 2 amide bonds. The van der Waals surface area contributed by atoms with Crippen molar-refractivity contribution in [3.05, 3.63) is 72.3 Å². The molecule has 0 aliphatic carbocycles. The zero-order chi connectivity index (χ0) is 20.6. The molecule has 0 atom stereocenters. The highest BCUT2D eigenvalue weighted by atomic mass is 16.5. The van der Waals surface area contributed by atoms with Crippen LogP contribution in [0.1, 0.15) is 18.4 Å². The minimum atomic E-state index is -0.599. The van der Waals surface area contributed by atoms with Crippen LogP contribution in [0.15, 0.2) is 66.7 Å². The average Bonchev–Trinajstić information content (AvgIpc) is 2.73. The minimum absolute atomic E-state index is 0.0158. The van der Waals surface area contributed by atoms with Gasteiger partial charge in [0.05, 0.1) is 6.42 Å². The van der Waals surface area contributed by atoms with Crippen LogP contribution in [0.5, 0.6) is 0 Å². The summed E-state index contributed by atoms with van der Waals surface area (Å²) in [5.74, 6) is -1.31. The van der Waals surface area contributed by atoms with E-state index in [1.807, 2.05) is 61.5 Å². The lowest BCUT2D eigenvalue weighted by atomic mass is 10.1. The lowest BCUT2D eigenvalue weighted by Gasteiger charge is -2.10. The van der Waals surface area contributed by atoms with E-state index in [-0.39, 0.29) is 18.7 Å². The Hall–Kier alpha value is -3.67. The Balaban J connectivity index is 1.43. The highest BCUT2D eigenvalue weighted by Gasteiger charge is 2.12. The molecule has 148 valence electrons. The monoisotopic (exact) mass is 390 g/mol. The quantitative estimate of drug-likeness (QED) is 0.596. The van der Waals surface area contributed by atoms with E-state index in [0.29, 0.717) is 11.4 Å². The summed E-state index contributed by atoms with van der Waals surface area (Å²) in [6, 6.07) is 20.6. The van der Waals surface area contributed by atoms with E-state index in [1.165, 1.54) is 0 Å². The lowest BCUT2D eigenvalue weighted by molar-refractivity contribution is -0.147. The van der Waals surface area contributed by atoms with Crippen molar-refractivity contribution >= 4 is 39.9 Å². The first kappa shape index (κ1) is 20.1. The number of amides is 2. The topological polar surface area (TPSA) is 84.5 Å². The molecule has 2 N–H and O–H groups in total. The van der Waals surface area contributed by atoms with Gasteiger partial charge in [-0.15, -0.1) is 0 Å². The lowest BCUT2D eigenvalue weighted by Crippen LogP contribution is -2.22. The van der Waals surface area contributed by atoms with Crippen molar-refractivity contribution < 1.29 is 19.1 Å². The second-order valence-electron chi connectivity index (χ2n) is 6.60. The Bertz CT molecular complexity index is 1040. The molecule has 0 spiro atoms. The van der Waals surface area contributed by atoms with Crippen LogP contribution in [0.4, 0.5) is 11.4 Å². The highest BCUT2D eigenvalue weighted by molar-refractivity contribution is 6.02. The molecule has 3 rings (SSSR count). The number of aryl methyl sites for hydroxylation is 1. The summed E-state index contributed by atoms with van der Waals surface area (Å²) >= 11 is 0. The number of hydrogen-bond acceptors (Lipinski definition) is 4. The molecule has 0 bridgehead atoms.